The predicted molar refractivity (Wildman–Crippen MR) is 75.1 cm³/mol. The third-order valence-corrected chi connectivity index (χ3v) is 3.28. The van der Waals surface area contributed by atoms with E-state index >= 15 is 0 Å². The van der Waals surface area contributed by atoms with Crippen LogP contribution in [0.5, 0.6) is 0 Å². The maximum Gasteiger partial charge on any atom is 0.335 e. The minimum atomic E-state index is -1.03. The first-order chi connectivity index (χ1) is 10.1. The van der Waals surface area contributed by atoms with Crippen molar-refractivity contribution in [3.63, 3.8) is 0 Å². The van der Waals surface area contributed by atoms with E-state index in [1.54, 1.807) is 6.07 Å². The Morgan fingerprint density at radius 3 is 2.33 bits per heavy atom. The zero-order valence-corrected chi connectivity index (χ0v) is 10.8. The number of nitrogens with one attached hydrogen (secondary N) is 1. The Morgan fingerprint density at radius 2 is 1.67 bits per heavy atom. The van der Waals surface area contributed by atoms with Crippen molar-refractivity contribution in [2.75, 3.05) is 0 Å². The highest BCUT2D eigenvalue weighted by Crippen LogP contribution is 2.22. The lowest BCUT2D eigenvalue weighted by Gasteiger charge is -2.00. The fraction of sp³-hybridized carbons (Fsp3) is 0. The lowest BCUT2D eigenvalue weighted by atomic mass is 10.0. The van der Waals surface area contributed by atoms with E-state index in [1.807, 2.05) is 0 Å². The van der Waals surface area contributed by atoms with Gasteiger partial charge in [-0.2, -0.15) is 0 Å². The molecule has 0 aliphatic carbocycles. The Morgan fingerprint density at radius 1 is 1.00 bits per heavy atom. The number of aromatic amines is 1. The Hall–Kier alpha value is -2.95. The number of rotatable bonds is 3. The zero-order valence-electron chi connectivity index (χ0n) is 10.8. The molecule has 2 N–H and O–H groups in total. The van der Waals surface area contributed by atoms with E-state index in [9.17, 15) is 14.0 Å². The third kappa shape index (κ3) is 2.29. The number of aromatic nitrogens is 1. The van der Waals surface area contributed by atoms with Crippen molar-refractivity contribution < 1.29 is 19.1 Å². The molecule has 3 aromatic rings. The minimum absolute atomic E-state index is 0.144. The van der Waals surface area contributed by atoms with E-state index in [0.29, 0.717) is 22.0 Å². The normalized spacial score (nSPS) is 10.7. The molecule has 0 saturated carbocycles. The van der Waals surface area contributed by atoms with Gasteiger partial charge in [-0.25, -0.2) is 9.18 Å². The molecule has 5 heteroatoms. The van der Waals surface area contributed by atoms with E-state index in [-0.39, 0.29) is 11.3 Å². The van der Waals surface area contributed by atoms with Gasteiger partial charge in [0.2, 0.25) is 0 Å². The lowest BCUT2D eigenvalue weighted by Crippen LogP contribution is -2.00. The van der Waals surface area contributed by atoms with Crippen LogP contribution in [-0.2, 0) is 0 Å². The van der Waals surface area contributed by atoms with Crippen molar-refractivity contribution in [1.29, 1.82) is 0 Å². The largest absolute Gasteiger partial charge is 0.478 e. The number of carbonyl (C=O) groups excluding carboxylic acids is 1. The topological polar surface area (TPSA) is 70.2 Å². The molecule has 104 valence electrons. The number of H-pyrrole nitrogens is 1. The molecule has 4 nitrogen and oxygen atoms in total. The number of carbonyl (C=O) groups is 2. The number of halogens is 1. The molecular formula is C16H10FNO3. The number of hydrogen-bond donors (Lipinski definition) is 2. The lowest BCUT2D eigenvalue weighted by molar-refractivity contribution is 0.0697. The van der Waals surface area contributed by atoms with Gasteiger partial charge in [-0.15, -0.1) is 0 Å². The van der Waals surface area contributed by atoms with E-state index in [4.69, 9.17) is 5.11 Å². The maximum absolute atomic E-state index is 12.9. The molecule has 0 fully saturated rings. The van der Waals surface area contributed by atoms with Crippen molar-refractivity contribution >= 4 is 22.7 Å². The van der Waals surface area contributed by atoms with Gasteiger partial charge in [-0.3, -0.25) is 4.79 Å². The van der Waals surface area contributed by atoms with Crippen LogP contribution in [0.3, 0.4) is 0 Å². The first-order valence-electron chi connectivity index (χ1n) is 6.21. The zero-order chi connectivity index (χ0) is 15.0. The Labute approximate surface area is 118 Å². The molecule has 0 amide bonds. The van der Waals surface area contributed by atoms with E-state index < -0.39 is 11.8 Å². The first-order valence-corrected chi connectivity index (χ1v) is 6.21. The van der Waals surface area contributed by atoms with Crippen molar-refractivity contribution in [3.8, 4) is 0 Å². The number of fused-ring (bicyclic) bond motifs is 1. The molecule has 0 unspecified atom stereocenters. The second kappa shape index (κ2) is 4.86. The molecule has 0 aliphatic heterocycles. The van der Waals surface area contributed by atoms with Gasteiger partial charge in [0.25, 0.3) is 0 Å². The van der Waals surface area contributed by atoms with Crippen molar-refractivity contribution in [2.24, 2.45) is 0 Å². The molecule has 2 aromatic carbocycles. The number of ketones is 1. The van der Waals surface area contributed by atoms with Crippen LogP contribution in [0, 0.1) is 5.82 Å². The number of hydrogen-bond acceptors (Lipinski definition) is 2. The average molecular weight is 283 g/mol. The highest BCUT2D eigenvalue weighted by molar-refractivity contribution is 6.16. The van der Waals surface area contributed by atoms with Gasteiger partial charge in [0.1, 0.15) is 5.82 Å². The van der Waals surface area contributed by atoms with Crippen molar-refractivity contribution in [1.82, 2.24) is 4.98 Å². The summed E-state index contributed by atoms with van der Waals surface area (Å²) in [5.41, 5.74) is 1.51. The van der Waals surface area contributed by atoms with Gasteiger partial charge >= 0.3 is 5.97 Å². The van der Waals surface area contributed by atoms with Gasteiger partial charge in [-0.1, -0.05) is 6.07 Å². The highest BCUT2D eigenvalue weighted by atomic mass is 19.1. The van der Waals surface area contributed by atoms with Crippen LogP contribution in [0.1, 0.15) is 26.3 Å². The summed E-state index contributed by atoms with van der Waals surface area (Å²) in [6.07, 6.45) is 1.53. The molecule has 1 aromatic heterocycles. The van der Waals surface area contributed by atoms with Crippen molar-refractivity contribution in [2.45, 2.75) is 0 Å². The Bertz CT molecular complexity index is 850. The minimum Gasteiger partial charge on any atom is -0.478 e. The summed E-state index contributed by atoms with van der Waals surface area (Å²) >= 11 is 0. The smallest absolute Gasteiger partial charge is 0.335 e. The molecule has 0 radical (unpaired) electrons. The van der Waals surface area contributed by atoms with Gasteiger partial charge in [0.15, 0.2) is 5.78 Å². The Balaban J connectivity index is 2.06. The highest BCUT2D eigenvalue weighted by Gasteiger charge is 2.15. The Kier molecular flexibility index (Phi) is 3.02. The summed E-state index contributed by atoms with van der Waals surface area (Å²) in [7, 11) is 0. The second-order valence-corrected chi connectivity index (χ2v) is 4.60. The third-order valence-electron chi connectivity index (χ3n) is 3.28. The molecule has 0 spiro atoms. The molecule has 0 aliphatic rings. The van der Waals surface area contributed by atoms with E-state index in [0.717, 1.165) is 0 Å². The summed E-state index contributed by atoms with van der Waals surface area (Å²) in [5, 5.41) is 9.58. The maximum atomic E-state index is 12.9. The van der Waals surface area contributed by atoms with E-state index in [1.165, 1.54) is 42.6 Å². The molecule has 0 bridgehead atoms. The van der Waals surface area contributed by atoms with E-state index in [2.05, 4.69) is 4.98 Å². The summed E-state index contributed by atoms with van der Waals surface area (Å²) in [6.45, 7) is 0. The summed E-state index contributed by atoms with van der Waals surface area (Å²) in [6, 6.07) is 9.80. The standard InChI is InChI=1S/C16H10FNO3/c17-11-4-1-9(2-5-11)15(19)13-8-18-14-7-10(16(20)21)3-6-12(13)14/h1-8,18H,(H,20,21). The number of benzene rings is 2. The monoisotopic (exact) mass is 283 g/mol. The SMILES string of the molecule is O=C(O)c1ccc2c(C(=O)c3ccc(F)cc3)c[nH]c2c1. The molecule has 0 saturated heterocycles. The van der Waals surface area contributed by atoms with Crippen LogP contribution in [0.25, 0.3) is 10.9 Å². The molecular weight excluding hydrogens is 273 g/mol. The fourth-order valence-electron chi connectivity index (χ4n) is 2.20. The van der Waals surface area contributed by atoms with Crippen LogP contribution in [-0.4, -0.2) is 21.8 Å². The van der Waals surface area contributed by atoms with Gasteiger partial charge < -0.3 is 10.1 Å². The van der Waals surface area contributed by atoms with Crippen LogP contribution in [0.4, 0.5) is 4.39 Å². The molecule has 0 atom stereocenters. The van der Waals surface area contributed by atoms with Crippen molar-refractivity contribution in [3.05, 3.63) is 71.2 Å². The number of carboxylic acid groups (broad SMARTS) is 1. The van der Waals surface area contributed by atoms with Gasteiger partial charge in [0, 0.05) is 28.2 Å². The first kappa shape index (κ1) is 13.1. The molecule has 3 rings (SSSR count). The average Bonchev–Trinajstić information content (AvgIpc) is 2.90. The summed E-state index contributed by atoms with van der Waals surface area (Å²) in [4.78, 5) is 26.2. The quantitative estimate of drug-likeness (QED) is 0.725. The number of aromatic carboxylic acids is 1. The van der Waals surface area contributed by atoms with Crippen LogP contribution in [0.15, 0.2) is 48.7 Å². The predicted octanol–water partition coefficient (Wildman–Crippen LogP) is 3.24. The van der Waals surface area contributed by atoms with Crippen LogP contribution < -0.4 is 0 Å². The second-order valence-electron chi connectivity index (χ2n) is 4.60. The molecule has 1 heterocycles. The number of carboxylic acids is 1. The van der Waals surface area contributed by atoms with Crippen LogP contribution >= 0.6 is 0 Å². The molecule has 21 heavy (non-hydrogen) atoms. The van der Waals surface area contributed by atoms with Crippen LogP contribution in [0.2, 0.25) is 0 Å². The summed E-state index contributed by atoms with van der Waals surface area (Å²) in [5.74, 6) is -1.68. The summed E-state index contributed by atoms with van der Waals surface area (Å²) < 4.78 is 12.9. The fourth-order valence-corrected chi connectivity index (χ4v) is 2.20. The van der Waals surface area contributed by atoms with Gasteiger partial charge in [0.05, 0.1) is 5.56 Å². The van der Waals surface area contributed by atoms with Gasteiger partial charge in [-0.05, 0) is 36.4 Å².